The molecule has 3 heteroatoms. The van der Waals surface area contributed by atoms with E-state index in [0.29, 0.717) is 0 Å². The number of aliphatic imine (C=N–C) groups is 1. The van der Waals surface area contributed by atoms with Crippen molar-refractivity contribution in [1.29, 1.82) is 0 Å². The molecule has 0 aliphatic carbocycles. The largest absolute Gasteiger partial charge is 0.363 e. The smallest absolute Gasteiger partial charge is 0.119 e. The van der Waals surface area contributed by atoms with Crippen molar-refractivity contribution >= 4 is 5.84 Å². The summed E-state index contributed by atoms with van der Waals surface area (Å²) in [7, 11) is 0. The zero-order valence-corrected chi connectivity index (χ0v) is 14.8. The molecule has 0 radical (unpaired) electrons. The minimum Gasteiger partial charge on any atom is -0.363 e. The number of amidine groups is 1. The summed E-state index contributed by atoms with van der Waals surface area (Å²) in [5.74, 6) is 0.849. The highest BCUT2D eigenvalue weighted by Crippen LogP contribution is 2.37. The van der Waals surface area contributed by atoms with Crippen molar-refractivity contribution in [2.75, 3.05) is 0 Å². The maximum Gasteiger partial charge on any atom is 0.119 e. The van der Waals surface area contributed by atoms with Gasteiger partial charge in [0, 0.05) is 0 Å². The summed E-state index contributed by atoms with van der Waals surface area (Å²) < 4.78 is 0. The Morgan fingerprint density at radius 1 is 0.808 bits per heavy atom. The number of rotatable bonds is 4. The lowest BCUT2D eigenvalue weighted by atomic mass is 9.95. The molecular weight excluding hydrogens is 318 g/mol. The zero-order valence-electron chi connectivity index (χ0n) is 14.8. The molecule has 0 fully saturated rings. The molecule has 0 saturated carbocycles. The van der Waals surface area contributed by atoms with E-state index in [0.717, 1.165) is 11.4 Å². The summed E-state index contributed by atoms with van der Waals surface area (Å²) in [4.78, 5) is 5.01. The highest BCUT2D eigenvalue weighted by atomic mass is 15.2. The van der Waals surface area contributed by atoms with Crippen molar-refractivity contribution in [2.24, 2.45) is 10.7 Å². The molecule has 4 rings (SSSR count). The van der Waals surface area contributed by atoms with E-state index < -0.39 is 0 Å². The Morgan fingerprint density at radius 3 is 2.04 bits per heavy atom. The monoisotopic (exact) mass is 341 g/mol. The number of benzene rings is 3. The SMILES string of the molecule is Cc1ccccc1C(N)C1=N[C@@H](c2ccccc2)[C@@H](c2ccccc2)N1. The van der Waals surface area contributed by atoms with E-state index >= 15 is 0 Å². The third-order valence-corrected chi connectivity index (χ3v) is 5.02. The molecule has 3 nitrogen and oxygen atoms in total. The lowest BCUT2D eigenvalue weighted by Crippen LogP contribution is -2.33. The Bertz CT molecular complexity index is 903. The molecule has 0 bridgehead atoms. The van der Waals surface area contributed by atoms with E-state index in [1.165, 1.54) is 16.7 Å². The van der Waals surface area contributed by atoms with Crippen molar-refractivity contribution in [1.82, 2.24) is 5.32 Å². The molecule has 0 aromatic heterocycles. The number of hydrogen-bond acceptors (Lipinski definition) is 3. The molecule has 130 valence electrons. The first-order valence-corrected chi connectivity index (χ1v) is 8.99. The average molecular weight is 341 g/mol. The van der Waals surface area contributed by atoms with Gasteiger partial charge in [-0.25, -0.2) is 0 Å². The minimum atomic E-state index is -0.254. The van der Waals surface area contributed by atoms with Gasteiger partial charge in [0.2, 0.25) is 0 Å². The van der Waals surface area contributed by atoms with Crippen LogP contribution >= 0.6 is 0 Å². The molecule has 0 saturated heterocycles. The van der Waals surface area contributed by atoms with Gasteiger partial charge in [0.05, 0.1) is 12.1 Å². The maximum atomic E-state index is 6.59. The van der Waals surface area contributed by atoms with Crippen LogP contribution in [-0.2, 0) is 0 Å². The lowest BCUT2D eigenvalue weighted by Gasteiger charge is -2.21. The van der Waals surface area contributed by atoms with Crippen LogP contribution in [0.25, 0.3) is 0 Å². The second kappa shape index (κ2) is 7.14. The van der Waals surface area contributed by atoms with Crippen LogP contribution in [-0.4, -0.2) is 5.84 Å². The van der Waals surface area contributed by atoms with Gasteiger partial charge in [-0.1, -0.05) is 84.9 Å². The number of hydrogen-bond donors (Lipinski definition) is 2. The summed E-state index contributed by atoms with van der Waals surface area (Å²) >= 11 is 0. The molecule has 1 unspecified atom stereocenters. The van der Waals surface area contributed by atoms with Crippen molar-refractivity contribution in [2.45, 2.75) is 25.0 Å². The predicted octanol–water partition coefficient (Wildman–Crippen LogP) is 4.48. The molecule has 1 heterocycles. The summed E-state index contributed by atoms with van der Waals surface area (Å²) in [6.45, 7) is 2.09. The van der Waals surface area contributed by atoms with Crippen LogP contribution in [0.4, 0.5) is 0 Å². The number of nitrogens with zero attached hydrogens (tertiary/aromatic N) is 1. The van der Waals surface area contributed by atoms with Crippen LogP contribution in [0.15, 0.2) is 89.9 Å². The van der Waals surface area contributed by atoms with E-state index in [2.05, 4.69) is 72.9 Å². The van der Waals surface area contributed by atoms with Crippen molar-refractivity contribution in [3.8, 4) is 0 Å². The van der Waals surface area contributed by atoms with Gasteiger partial charge in [-0.15, -0.1) is 0 Å². The van der Waals surface area contributed by atoms with Gasteiger partial charge in [-0.05, 0) is 29.2 Å². The third-order valence-electron chi connectivity index (χ3n) is 5.02. The Morgan fingerprint density at radius 2 is 1.38 bits per heavy atom. The fourth-order valence-corrected chi connectivity index (χ4v) is 3.60. The van der Waals surface area contributed by atoms with E-state index in [9.17, 15) is 0 Å². The Hall–Kier alpha value is -2.91. The molecule has 3 N–H and O–H groups in total. The van der Waals surface area contributed by atoms with Gasteiger partial charge in [0.1, 0.15) is 11.9 Å². The first kappa shape index (κ1) is 16.6. The predicted molar refractivity (Wildman–Crippen MR) is 107 cm³/mol. The van der Waals surface area contributed by atoms with Crippen molar-refractivity contribution in [3.63, 3.8) is 0 Å². The average Bonchev–Trinajstić information content (AvgIpc) is 3.15. The maximum absolute atomic E-state index is 6.59. The molecule has 3 aromatic carbocycles. The molecule has 3 aromatic rings. The topological polar surface area (TPSA) is 50.4 Å². The highest BCUT2D eigenvalue weighted by Gasteiger charge is 2.33. The number of nitrogens with one attached hydrogen (secondary N) is 1. The molecule has 3 atom stereocenters. The molecular formula is C23H23N3. The third kappa shape index (κ3) is 3.14. The fraction of sp³-hybridized carbons (Fsp3) is 0.174. The second-order valence-electron chi connectivity index (χ2n) is 6.74. The van der Waals surface area contributed by atoms with Crippen molar-refractivity contribution in [3.05, 3.63) is 107 Å². The van der Waals surface area contributed by atoms with Crippen LogP contribution < -0.4 is 11.1 Å². The van der Waals surface area contributed by atoms with Crippen LogP contribution in [0.3, 0.4) is 0 Å². The first-order valence-electron chi connectivity index (χ1n) is 8.99. The van der Waals surface area contributed by atoms with Gasteiger partial charge in [-0.3, -0.25) is 4.99 Å². The summed E-state index contributed by atoms with van der Waals surface area (Å²) in [6, 6.07) is 29.0. The van der Waals surface area contributed by atoms with Crippen LogP contribution in [0.1, 0.15) is 40.4 Å². The standard InChI is InChI=1S/C23H23N3/c1-16-10-8-9-15-19(16)20(24)23-25-21(17-11-4-2-5-12-17)22(26-23)18-13-6-3-7-14-18/h2-15,20-22H,24H2,1H3,(H,25,26)/t20?,21-,22+. The van der Waals surface area contributed by atoms with E-state index in [-0.39, 0.29) is 18.1 Å². The number of nitrogens with two attached hydrogens (primary N) is 1. The Kier molecular flexibility index (Phi) is 4.55. The molecule has 1 aliphatic heterocycles. The van der Waals surface area contributed by atoms with Gasteiger partial charge in [-0.2, -0.15) is 0 Å². The van der Waals surface area contributed by atoms with Crippen molar-refractivity contribution < 1.29 is 0 Å². The fourth-order valence-electron chi connectivity index (χ4n) is 3.60. The van der Waals surface area contributed by atoms with Crippen LogP contribution in [0.2, 0.25) is 0 Å². The van der Waals surface area contributed by atoms with Gasteiger partial charge >= 0.3 is 0 Å². The molecule has 0 spiro atoms. The summed E-state index contributed by atoms with van der Waals surface area (Å²) in [5, 5.41) is 3.61. The summed E-state index contributed by atoms with van der Waals surface area (Å²) in [6.07, 6.45) is 0. The second-order valence-corrected chi connectivity index (χ2v) is 6.74. The zero-order chi connectivity index (χ0) is 17.9. The normalized spacial score (nSPS) is 20.3. The Labute approximate surface area is 154 Å². The van der Waals surface area contributed by atoms with Crippen LogP contribution in [0.5, 0.6) is 0 Å². The van der Waals surface area contributed by atoms with Crippen LogP contribution in [0, 0.1) is 6.92 Å². The minimum absolute atomic E-state index is 0.0173. The number of aryl methyl sites for hydroxylation is 1. The van der Waals surface area contributed by atoms with Gasteiger partial charge < -0.3 is 11.1 Å². The van der Waals surface area contributed by atoms with Gasteiger partial charge in [0.15, 0.2) is 0 Å². The first-order chi connectivity index (χ1) is 12.7. The van der Waals surface area contributed by atoms with E-state index in [4.69, 9.17) is 10.7 Å². The summed E-state index contributed by atoms with van der Waals surface area (Å²) in [5.41, 5.74) is 11.3. The molecule has 0 amide bonds. The van der Waals surface area contributed by atoms with E-state index in [1.54, 1.807) is 0 Å². The highest BCUT2D eigenvalue weighted by molar-refractivity contribution is 5.91. The van der Waals surface area contributed by atoms with E-state index in [1.807, 2.05) is 24.3 Å². The molecule has 1 aliphatic rings. The van der Waals surface area contributed by atoms with Gasteiger partial charge in [0.25, 0.3) is 0 Å². The Balaban J connectivity index is 1.72. The molecule has 26 heavy (non-hydrogen) atoms. The lowest BCUT2D eigenvalue weighted by molar-refractivity contribution is 0.570. The quantitative estimate of drug-likeness (QED) is 0.735.